The molecule has 5 nitrogen and oxygen atoms in total. The van der Waals surface area contributed by atoms with Gasteiger partial charge in [-0.25, -0.2) is 4.21 Å². The first kappa shape index (κ1) is 13.4. The van der Waals surface area contributed by atoms with E-state index >= 15 is 0 Å². The summed E-state index contributed by atoms with van der Waals surface area (Å²) in [7, 11) is -2.53. The molecule has 0 aliphatic heterocycles. The van der Waals surface area contributed by atoms with E-state index in [-0.39, 0.29) is 11.3 Å². The molecule has 6 heteroatoms. The van der Waals surface area contributed by atoms with Crippen molar-refractivity contribution in [1.82, 2.24) is 0 Å². The van der Waals surface area contributed by atoms with Crippen molar-refractivity contribution in [2.45, 2.75) is 6.92 Å². The van der Waals surface area contributed by atoms with Crippen LogP contribution in [0.25, 0.3) is 0 Å². The highest BCUT2D eigenvalue weighted by Gasteiger charge is 2.13. The van der Waals surface area contributed by atoms with Gasteiger partial charge in [-0.2, -0.15) is 4.36 Å². The van der Waals surface area contributed by atoms with E-state index < -0.39 is 21.6 Å². The van der Waals surface area contributed by atoms with Crippen LogP contribution in [0.1, 0.15) is 17.3 Å². The zero-order chi connectivity index (χ0) is 13.1. The standard InChI is InChI=1S/C11H13NO4S/c1-8(13)16-10-7-5-4-6-9(10)11(14)12-17(2,3)15/h4-7H,1-3H3. The van der Waals surface area contributed by atoms with Gasteiger partial charge in [0, 0.05) is 29.2 Å². The molecule has 0 saturated carbocycles. The summed E-state index contributed by atoms with van der Waals surface area (Å²) in [6.45, 7) is 1.24. The van der Waals surface area contributed by atoms with Crippen molar-refractivity contribution < 1.29 is 18.5 Å². The maximum Gasteiger partial charge on any atom is 0.308 e. The third kappa shape index (κ3) is 4.36. The second-order valence-electron chi connectivity index (χ2n) is 3.67. The van der Waals surface area contributed by atoms with Crippen LogP contribution < -0.4 is 4.74 Å². The Morgan fingerprint density at radius 1 is 1.24 bits per heavy atom. The van der Waals surface area contributed by atoms with Crippen molar-refractivity contribution in [3.63, 3.8) is 0 Å². The molecule has 0 spiro atoms. The molecule has 0 aromatic heterocycles. The molecule has 1 rings (SSSR count). The van der Waals surface area contributed by atoms with Gasteiger partial charge in [0.15, 0.2) is 0 Å². The van der Waals surface area contributed by atoms with E-state index in [1.54, 1.807) is 12.1 Å². The number of amides is 1. The van der Waals surface area contributed by atoms with Gasteiger partial charge in [-0.05, 0) is 12.1 Å². The summed E-state index contributed by atoms with van der Waals surface area (Å²) in [6.07, 6.45) is 2.72. The lowest BCUT2D eigenvalue weighted by Gasteiger charge is -2.05. The molecule has 0 fully saturated rings. The molecule has 1 amide bonds. The van der Waals surface area contributed by atoms with E-state index in [1.165, 1.54) is 31.6 Å². The van der Waals surface area contributed by atoms with Crippen LogP contribution in [0.5, 0.6) is 5.75 Å². The third-order valence-electron chi connectivity index (χ3n) is 1.67. The first-order chi connectivity index (χ1) is 7.79. The zero-order valence-electron chi connectivity index (χ0n) is 9.80. The molecule has 0 heterocycles. The third-order valence-corrected chi connectivity index (χ3v) is 2.28. The van der Waals surface area contributed by atoms with E-state index in [4.69, 9.17) is 4.74 Å². The SMILES string of the molecule is CC(=O)Oc1ccccc1C(=O)N=S(C)(C)=O. The molecule has 92 valence electrons. The highest BCUT2D eigenvalue weighted by molar-refractivity contribution is 7.92. The Hall–Kier alpha value is -1.69. The molecule has 0 aliphatic carbocycles. The number of ether oxygens (including phenoxy) is 1. The summed E-state index contributed by atoms with van der Waals surface area (Å²) in [4.78, 5) is 22.6. The van der Waals surface area contributed by atoms with E-state index in [9.17, 15) is 13.8 Å². The molecule has 17 heavy (non-hydrogen) atoms. The van der Waals surface area contributed by atoms with Crippen molar-refractivity contribution in [2.24, 2.45) is 4.36 Å². The Kier molecular flexibility index (Phi) is 4.01. The number of benzene rings is 1. The molecule has 0 aliphatic rings. The lowest BCUT2D eigenvalue weighted by Crippen LogP contribution is -2.07. The summed E-state index contributed by atoms with van der Waals surface area (Å²) in [5.41, 5.74) is 0.124. The largest absolute Gasteiger partial charge is 0.426 e. The van der Waals surface area contributed by atoms with E-state index in [0.717, 1.165) is 0 Å². The number of carbonyl (C=O) groups excluding carboxylic acids is 2. The molecule has 0 saturated heterocycles. The summed E-state index contributed by atoms with van der Waals surface area (Å²) in [6, 6.07) is 6.19. The number of esters is 1. The summed E-state index contributed by atoms with van der Waals surface area (Å²) >= 11 is 0. The van der Waals surface area contributed by atoms with Crippen LogP contribution in [0, 0.1) is 0 Å². The van der Waals surface area contributed by atoms with Gasteiger partial charge < -0.3 is 4.74 Å². The predicted octanol–water partition coefficient (Wildman–Crippen LogP) is 1.48. The summed E-state index contributed by atoms with van der Waals surface area (Å²) < 4.78 is 19.8. The average molecular weight is 255 g/mol. The minimum atomic E-state index is -2.53. The number of carbonyl (C=O) groups is 2. The molecule has 0 bridgehead atoms. The fraction of sp³-hybridized carbons (Fsp3) is 0.273. The van der Waals surface area contributed by atoms with Crippen molar-refractivity contribution in [2.75, 3.05) is 12.5 Å². The van der Waals surface area contributed by atoms with Crippen molar-refractivity contribution in [1.29, 1.82) is 0 Å². The molecule has 1 aromatic carbocycles. The van der Waals surface area contributed by atoms with Crippen LogP contribution in [-0.2, 0) is 14.5 Å². The number of rotatable bonds is 2. The molecule has 0 radical (unpaired) electrons. The van der Waals surface area contributed by atoms with Gasteiger partial charge >= 0.3 is 5.97 Å². The van der Waals surface area contributed by atoms with E-state index in [2.05, 4.69) is 4.36 Å². The van der Waals surface area contributed by atoms with Gasteiger partial charge in [-0.15, -0.1) is 0 Å². The highest BCUT2D eigenvalue weighted by atomic mass is 32.2. The first-order valence-corrected chi connectivity index (χ1v) is 7.11. The van der Waals surface area contributed by atoms with Gasteiger partial charge in [-0.3, -0.25) is 9.59 Å². The maximum absolute atomic E-state index is 11.7. The normalized spacial score (nSPS) is 10.8. The van der Waals surface area contributed by atoms with Crippen LogP contribution in [0.15, 0.2) is 28.6 Å². The van der Waals surface area contributed by atoms with Gasteiger partial charge in [0.1, 0.15) is 5.75 Å². The van der Waals surface area contributed by atoms with Crippen LogP contribution in [0.2, 0.25) is 0 Å². The number of para-hydroxylation sites is 1. The van der Waals surface area contributed by atoms with Crippen LogP contribution in [0.4, 0.5) is 0 Å². The molecule has 1 aromatic rings. The smallest absolute Gasteiger partial charge is 0.308 e. The number of hydrogen-bond donors (Lipinski definition) is 0. The Labute approximate surface area is 100.0 Å². The number of hydrogen-bond acceptors (Lipinski definition) is 4. The van der Waals surface area contributed by atoms with Gasteiger partial charge in [0.2, 0.25) is 0 Å². The van der Waals surface area contributed by atoms with Crippen molar-refractivity contribution in [3.8, 4) is 5.75 Å². The minimum Gasteiger partial charge on any atom is -0.426 e. The zero-order valence-corrected chi connectivity index (χ0v) is 10.6. The Bertz CT molecular complexity index is 563. The van der Waals surface area contributed by atoms with Crippen LogP contribution in [-0.4, -0.2) is 28.6 Å². The first-order valence-electron chi connectivity index (χ1n) is 4.78. The quantitative estimate of drug-likeness (QED) is 0.592. The highest BCUT2D eigenvalue weighted by Crippen LogP contribution is 2.19. The Balaban J connectivity index is 3.19. The molecular formula is C11H13NO4S. The molecule has 0 unspecified atom stereocenters. The van der Waals surface area contributed by atoms with Crippen molar-refractivity contribution >= 4 is 21.6 Å². The van der Waals surface area contributed by atoms with E-state index in [1.807, 2.05) is 0 Å². The lowest BCUT2D eigenvalue weighted by atomic mass is 10.2. The fourth-order valence-electron chi connectivity index (χ4n) is 1.14. The maximum atomic E-state index is 11.7. The fourth-order valence-corrected chi connectivity index (χ4v) is 1.63. The van der Waals surface area contributed by atoms with Gasteiger partial charge in [0.05, 0.1) is 5.56 Å². The second-order valence-corrected chi connectivity index (χ2v) is 6.21. The lowest BCUT2D eigenvalue weighted by molar-refractivity contribution is -0.131. The van der Waals surface area contributed by atoms with Crippen LogP contribution >= 0.6 is 0 Å². The Morgan fingerprint density at radius 3 is 2.35 bits per heavy atom. The number of nitrogens with zero attached hydrogens (tertiary/aromatic N) is 1. The van der Waals surface area contributed by atoms with E-state index in [0.29, 0.717) is 0 Å². The molecular weight excluding hydrogens is 242 g/mol. The second kappa shape index (κ2) is 5.09. The molecule has 0 N–H and O–H groups in total. The summed E-state index contributed by atoms with van der Waals surface area (Å²) in [5, 5.41) is 0. The van der Waals surface area contributed by atoms with Crippen LogP contribution in [0.3, 0.4) is 0 Å². The van der Waals surface area contributed by atoms with Gasteiger partial charge in [-0.1, -0.05) is 12.1 Å². The summed E-state index contributed by atoms with van der Waals surface area (Å²) in [5.74, 6) is -1.06. The predicted molar refractivity (Wildman–Crippen MR) is 64.5 cm³/mol. The topological polar surface area (TPSA) is 72.8 Å². The van der Waals surface area contributed by atoms with Gasteiger partial charge in [0.25, 0.3) is 5.91 Å². The minimum absolute atomic E-state index is 0.123. The average Bonchev–Trinajstić information content (AvgIpc) is 2.14. The molecule has 0 atom stereocenters. The Morgan fingerprint density at radius 2 is 1.82 bits per heavy atom. The van der Waals surface area contributed by atoms with Crippen molar-refractivity contribution in [3.05, 3.63) is 29.8 Å². The monoisotopic (exact) mass is 255 g/mol.